The number of nitrogens with one attached hydrogen (secondary N) is 2. The topological polar surface area (TPSA) is 97.0 Å². The summed E-state index contributed by atoms with van der Waals surface area (Å²) < 4.78 is 27.2. The van der Waals surface area contributed by atoms with Crippen LogP contribution in [-0.2, 0) is 10.0 Å². The minimum Gasteiger partial charge on any atom is -0.350 e. The molecule has 1 aliphatic rings. The summed E-state index contributed by atoms with van der Waals surface area (Å²) in [5.41, 5.74) is 2.78. The number of nitro benzene ring substituents is 1. The van der Waals surface area contributed by atoms with Gasteiger partial charge in [0.1, 0.15) is 5.69 Å². The van der Waals surface area contributed by atoms with E-state index in [9.17, 15) is 18.5 Å². The molecule has 0 spiro atoms. The van der Waals surface area contributed by atoms with E-state index in [4.69, 9.17) is 0 Å². The maximum atomic E-state index is 12.9. The normalized spacial score (nSPS) is 16.1. The molecule has 0 unspecified atom stereocenters. The van der Waals surface area contributed by atoms with Crippen molar-refractivity contribution in [2.45, 2.75) is 18.7 Å². The summed E-state index contributed by atoms with van der Waals surface area (Å²) in [4.78, 5) is 12.3. The molecule has 0 aliphatic carbocycles. The van der Waals surface area contributed by atoms with Crippen molar-refractivity contribution in [3.05, 3.63) is 57.6 Å². The molecule has 150 valence electrons. The van der Waals surface area contributed by atoms with E-state index in [0.29, 0.717) is 26.2 Å². The lowest BCUT2D eigenvalue weighted by Gasteiger charge is -2.29. The zero-order chi connectivity index (χ0) is 20.5. The summed E-state index contributed by atoms with van der Waals surface area (Å²) in [5.74, 6) is 0. The number of sulfonamides is 1. The van der Waals surface area contributed by atoms with Gasteiger partial charge in [0.2, 0.25) is 10.0 Å². The molecule has 9 heteroatoms. The molecule has 28 heavy (non-hydrogen) atoms. The second kappa shape index (κ2) is 7.86. The number of rotatable bonds is 5. The molecular weight excluding hydrogens is 380 g/mol. The first-order valence-electron chi connectivity index (χ1n) is 9.12. The standard InChI is InChI=1S/C19H24N4O4S/c1-14-10-15(2)12-16(11-14)20-18-5-4-17(13-19(18)23(24)25)28(26,27)22-8-6-21(3)7-9-22/h4-5,10-13,20H,6-9H2,1-3H3/p+1. The third-order valence-corrected chi connectivity index (χ3v) is 6.77. The van der Waals surface area contributed by atoms with Crippen LogP contribution >= 0.6 is 0 Å². The molecule has 0 amide bonds. The molecule has 1 saturated heterocycles. The predicted molar refractivity (Wildman–Crippen MR) is 108 cm³/mol. The molecule has 8 nitrogen and oxygen atoms in total. The van der Waals surface area contributed by atoms with Crippen LogP contribution in [-0.4, -0.2) is 50.9 Å². The van der Waals surface area contributed by atoms with Crippen LogP contribution in [0.2, 0.25) is 0 Å². The van der Waals surface area contributed by atoms with E-state index < -0.39 is 14.9 Å². The third kappa shape index (κ3) is 4.32. The van der Waals surface area contributed by atoms with Crippen LogP contribution in [0.15, 0.2) is 41.3 Å². The summed E-state index contributed by atoms with van der Waals surface area (Å²) >= 11 is 0. The Hall–Kier alpha value is -2.49. The van der Waals surface area contributed by atoms with E-state index >= 15 is 0 Å². The molecule has 2 aromatic carbocycles. The first kappa shape index (κ1) is 20.2. The van der Waals surface area contributed by atoms with Crippen LogP contribution in [0.4, 0.5) is 17.1 Å². The number of quaternary nitrogens is 1. The number of hydrogen-bond acceptors (Lipinski definition) is 5. The van der Waals surface area contributed by atoms with Crippen molar-refractivity contribution in [3.63, 3.8) is 0 Å². The molecule has 2 aromatic rings. The summed E-state index contributed by atoms with van der Waals surface area (Å²) in [6.45, 7) is 6.14. The Morgan fingerprint density at radius 2 is 1.68 bits per heavy atom. The second-order valence-electron chi connectivity index (χ2n) is 7.30. The Labute approximate surface area is 165 Å². The molecule has 0 radical (unpaired) electrons. The predicted octanol–water partition coefficient (Wildman–Crippen LogP) is 1.47. The number of aryl methyl sites for hydroxylation is 2. The molecule has 0 bridgehead atoms. The molecule has 3 rings (SSSR count). The fraction of sp³-hybridized carbons (Fsp3) is 0.368. The molecule has 0 atom stereocenters. The molecule has 1 aliphatic heterocycles. The quantitative estimate of drug-likeness (QED) is 0.580. The van der Waals surface area contributed by atoms with Crippen LogP contribution in [0, 0.1) is 24.0 Å². The van der Waals surface area contributed by atoms with Crippen molar-refractivity contribution in [2.24, 2.45) is 0 Å². The molecule has 0 aromatic heterocycles. The van der Waals surface area contributed by atoms with Crippen LogP contribution in [0.3, 0.4) is 0 Å². The first-order chi connectivity index (χ1) is 13.2. The number of hydrogen-bond donors (Lipinski definition) is 2. The number of benzene rings is 2. The van der Waals surface area contributed by atoms with Crippen molar-refractivity contribution < 1.29 is 18.2 Å². The zero-order valence-electron chi connectivity index (χ0n) is 16.2. The number of nitrogens with zero attached hydrogens (tertiary/aromatic N) is 2. The number of piperazine rings is 1. The largest absolute Gasteiger partial charge is 0.350 e. The Morgan fingerprint density at radius 3 is 2.25 bits per heavy atom. The van der Waals surface area contributed by atoms with E-state index in [1.54, 1.807) is 0 Å². The van der Waals surface area contributed by atoms with E-state index in [0.717, 1.165) is 22.9 Å². The summed E-state index contributed by atoms with van der Waals surface area (Å²) in [7, 11) is -1.74. The van der Waals surface area contributed by atoms with Crippen LogP contribution in [0.1, 0.15) is 11.1 Å². The van der Waals surface area contributed by atoms with E-state index in [1.807, 2.05) is 39.1 Å². The lowest BCUT2D eigenvalue weighted by atomic mass is 10.1. The molecule has 0 saturated carbocycles. The average Bonchev–Trinajstić information content (AvgIpc) is 2.61. The van der Waals surface area contributed by atoms with Gasteiger partial charge in [0.05, 0.1) is 43.0 Å². The fourth-order valence-corrected chi connectivity index (χ4v) is 4.85. The van der Waals surface area contributed by atoms with Gasteiger partial charge in [-0.15, -0.1) is 0 Å². The van der Waals surface area contributed by atoms with Crippen LogP contribution in [0.25, 0.3) is 0 Å². The molecular formula is C19H25N4O4S+. The highest BCUT2D eigenvalue weighted by molar-refractivity contribution is 7.89. The van der Waals surface area contributed by atoms with Crippen LogP contribution in [0.5, 0.6) is 0 Å². The highest BCUT2D eigenvalue weighted by Gasteiger charge is 2.31. The van der Waals surface area contributed by atoms with Crippen molar-refractivity contribution >= 4 is 27.1 Å². The van der Waals surface area contributed by atoms with Crippen molar-refractivity contribution in [2.75, 3.05) is 38.5 Å². The maximum absolute atomic E-state index is 12.9. The first-order valence-corrected chi connectivity index (χ1v) is 10.6. The van der Waals surface area contributed by atoms with Crippen molar-refractivity contribution in [1.29, 1.82) is 0 Å². The summed E-state index contributed by atoms with van der Waals surface area (Å²) in [6.07, 6.45) is 0. The van der Waals surface area contributed by atoms with Gasteiger partial charge in [-0.1, -0.05) is 6.07 Å². The smallest absolute Gasteiger partial charge is 0.294 e. The van der Waals surface area contributed by atoms with Gasteiger partial charge < -0.3 is 10.2 Å². The molecule has 1 fully saturated rings. The highest BCUT2D eigenvalue weighted by atomic mass is 32.2. The van der Waals surface area contributed by atoms with Gasteiger partial charge in [-0.3, -0.25) is 10.1 Å². The third-order valence-electron chi connectivity index (χ3n) is 4.88. The number of likely N-dealkylation sites (N-methyl/N-ethyl adjacent to an activating group) is 1. The van der Waals surface area contributed by atoms with Gasteiger partial charge in [0.15, 0.2) is 0 Å². The van der Waals surface area contributed by atoms with E-state index in [-0.39, 0.29) is 16.3 Å². The highest BCUT2D eigenvalue weighted by Crippen LogP contribution is 2.31. The Kier molecular flexibility index (Phi) is 5.69. The van der Waals surface area contributed by atoms with E-state index in [1.165, 1.54) is 21.3 Å². The fourth-order valence-electron chi connectivity index (χ4n) is 3.39. The SMILES string of the molecule is Cc1cc(C)cc(Nc2ccc(S(=O)(=O)N3CC[NH+](C)CC3)cc2[N+](=O)[O-])c1. The number of nitro groups is 1. The van der Waals surface area contributed by atoms with Gasteiger partial charge in [0, 0.05) is 11.8 Å². The lowest BCUT2D eigenvalue weighted by molar-refractivity contribution is -0.883. The molecule has 2 N–H and O–H groups in total. The minimum atomic E-state index is -3.76. The monoisotopic (exact) mass is 405 g/mol. The van der Waals surface area contributed by atoms with Gasteiger partial charge >= 0.3 is 0 Å². The summed E-state index contributed by atoms with van der Waals surface area (Å²) in [6, 6.07) is 9.81. The second-order valence-corrected chi connectivity index (χ2v) is 9.24. The van der Waals surface area contributed by atoms with Gasteiger partial charge in [-0.05, 0) is 49.2 Å². The van der Waals surface area contributed by atoms with Gasteiger partial charge in [-0.2, -0.15) is 4.31 Å². The van der Waals surface area contributed by atoms with E-state index in [2.05, 4.69) is 5.32 Å². The van der Waals surface area contributed by atoms with Gasteiger partial charge in [-0.25, -0.2) is 8.42 Å². The van der Waals surface area contributed by atoms with Crippen LogP contribution < -0.4 is 10.2 Å². The van der Waals surface area contributed by atoms with Crippen molar-refractivity contribution in [1.82, 2.24) is 4.31 Å². The maximum Gasteiger partial charge on any atom is 0.294 e. The zero-order valence-corrected chi connectivity index (χ0v) is 17.0. The van der Waals surface area contributed by atoms with Crippen molar-refractivity contribution in [3.8, 4) is 0 Å². The Balaban J connectivity index is 1.94. The Morgan fingerprint density at radius 1 is 1.07 bits per heavy atom. The Bertz CT molecular complexity index is 979. The minimum absolute atomic E-state index is 0.0512. The number of anilines is 2. The molecule has 1 heterocycles. The average molecular weight is 406 g/mol. The van der Waals surface area contributed by atoms with Gasteiger partial charge in [0.25, 0.3) is 5.69 Å². The summed E-state index contributed by atoms with van der Waals surface area (Å²) in [5, 5.41) is 14.6. The lowest BCUT2D eigenvalue weighted by Crippen LogP contribution is -3.12.